The average molecular weight is 208 g/mol. The molecule has 0 aliphatic heterocycles. The molecule has 1 saturated carbocycles. The lowest BCUT2D eigenvalue weighted by Gasteiger charge is -2.19. The summed E-state index contributed by atoms with van der Waals surface area (Å²) in [5.74, 6) is 0.828. The van der Waals surface area contributed by atoms with Crippen LogP contribution < -0.4 is 5.32 Å². The Morgan fingerprint density at radius 1 is 1.47 bits per heavy atom. The zero-order valence-electron chi connectivity index (χ0n) is 9.39. The van der Waals surface area contributed by atoms with Gasteiger partial charge in [0, 0.05) is 12.6 Å². The number of hydrogen-bond donors (Lipinski definition) is 1. The van der Waals surface area contributed by atoms with E-state index >= 15 is 0 Å². The summed E-state index contributed by atoms with van der Waals surface area (Å²) >= 11 is 0. The second kappa shape index (κ2) is 5.26. The lowest BCUT2D eigenvalue weighted by molar-refractivity contribution is 0.358. The first-order chi connectivity index (χ1) is 7.40. The topological polar surface area (TPSA) is 42.7 Å². The van der Waals surface area contributed by atoms with Crippen LogP contribution in [0.5, 0.6) is 0 Å². The molecule has 4 heteroatoms. The molecular formula is C11H20N4. The average Bonchev–Trinajstić information content (AvgIpc) is 2.85. The maximum Gasteiger partial charge on any atom is 0.137 e. The highest BCUT2D eigenvalue weighted by molar-refractivity contribution is 4.82. The molecule has 1 aliphatic rings. The summed E-state index contributed by atoms with van der Waals surface area (Å²) in [7, 11) is 0. The first-order valence-corrected chi connectivity index (χ1v) is 5.96. The maximum atomic E-state index is 4.13. The van der Waals surface area contributed by atoms with E-state index < -0.39 is 0 Å². The molecule has 2 atom stereocenters. The summed E-state index contributed by atoms with van der Waals surface area (Å²) in [6.07, 6.45) is 8.72. The highest BCUT2D eigenvalue weighted by atomic mass is 15.3. The van der Waals surface area contributed by atoms with Crippen LogP contribution in [0.2, 0.25) is 0 Å². The Kier molecular flexibility index (Phi) is 3.72. The number of nitrogens with zero attached hydrogens (tertiary/aromatic N) is 3. The molecule has 15 heavy (non-hydrogen) atoms. The first kappa shape index (κ1) is 10.6. The van der Waals surface area contributed by atoms with Crippen LogP contribution in [-0.2, 0) is 6.54 Å². The van der Waals surface area contributed by atoms with Crippen molar-refractivity contribution >= 4 is 0 Å². The van der Waals surface area contributed by atoms with Crippen molar-refractivity contribution in [3.8, 4) is 0 Å². The molecule has 84 valence electrons. The van der Waals surface area contributed by atoms with Crippen LogP contribution >= 0.6 is 0 Å². The molecule has 1 heterocycles. The summed E-state index contributed by atoms with van der Waals surface area (Å²) in [5.41, 5.74) is 0. The van der Waals surface area contributed by atoms with E-state index in [0.29, 0.717) is 0 Å². The Bertz CT molecular complexity index is 270. The summed E-state index contributed by atoms with van der Waals surface area (Å²) in [5, 5.41) is 7.71. The third-order valence-corrected chi connectivity index (χ3v) is 3.32. The van der Waals surface area contributed by atoms with Gasteiger partial charge in [-0.25, -0.2) is 4.98 Å². The van der Waals surface area contributed by atoms with Crippen molar-refractivity contribution in [2.75, 3.05) is 6.54 Å². The number of hydrogen-bond acceptors (Lipinski definition) is 3. The fourth-order valence-electron chi connectivity index (χ4n) is 2.56. The van der Waals surface area contributed by atoms with Gasteiger partial charge in [0.1, 0.15) is 12.7 Å². The predicted molar refractivity (Wildman–Crippen MR) is 59.4 cm³/mol. The lowest BCUT2D eigenvalue weighted by atomic mass is 9.99. The van der Waals surface area contributed by atoms with Crippen molar-refractivity contribution in [1.82, 2.24) is 20.1 Å². The van der Waals surface area contributed by atoms with E-state index in [1.54, 1.807) is 12.7 Å². The van der Waals surface area contributed by atoms with Gasteiger partial charge in [0.25, 0.3) is 0 Å². The normalized spacial score (nSPS) is 25.9. The Balaban J connectivity index is 1.78. The molecule has 1 N–H and O–H groups in total. The van der Waals surface area contributed by atoms with E-state index in [1.165, 1.54) is 25.7 Å². The van der Waals surface area contributed by atoms with Crippen LogP contribution in [-0.4, -0.2) is 27.4 Å². The number of nitrogens with one attached hydrogen (secondary N) is 1. The van der Waals surface area contributed by atoms with Gasteiger partial charge >= 0.3 is 0 Å². The third kappa shape index (κ3) is 2.78. The van der Waals surface area contributed by atoms with Crippen LogP contribution in [0.25, 0.3) is 0 Å². The minimum absolute atomic E-state index is 0.735. The Morgan fingerprint density at radius 2 is 2.40 bits per heavy atom. The highest BCUT2D eigenvalue weighted by Gasteiger charge is 2.25. The number of aryl methyl sites for hydroxylation is 1. The van der Waals surface area contributed by atoms with Gasteiger partial charge < -0.3 is 5.32 Å². The van der Waals surface area contributed by atoms with Gasteiger partial charge in [-0.2, -0.15) is 5.10 Å². The van der Waals surface area contributed by atoms with E-state index in [-0.39, 0.29) is 0 Å². The third-order valence-electron chi connectivity index (χ3n) is 3.32. The van der Waals surface area contributed by atoms with E-state index in [9.17, 15) is 0 Å². The number of rotatable bonds is 5. The van der Waals surface area contributed by atoms with Gasteiger partial charge in [-0.15, -0.1) is 0 Å². The summed E-state index contributed by atoms with van der Waals surface area (Å²) in [6, 6.07) is 0.735. The van der Waals surface area contributed by atoms with E-state index in [0.717, 1.165) is 25.0 Å². The summed E-state index contributed by atoms with van der Waals surface area (Å²) in [4.78, 5) is 3.96. The molecule has 0 bridgehead atoms. The molecule has 0 radical (unpaired) electrons. The minimum atomic E-state index is 0.735. The molecule has 0 spiro atoms. The SMILES string of the molecule is CCNC1CCCC1CCn1cncn1. The molecule has 1 aromatic heterocycles. The Hall–Kier alpha value is -0.900. The van der Waals surface area contributed by atoms with Gasteiger partial charge in [0.05, 0.1) is 0 Å². The molecule has 0 amide bonds. The van der Waals surface area contributed by atoms with Gasteiger partial charge in [-0.3, -0.25) is 4.68 Å². The van der Waals surface area contributed by atoms with Crippen LogP contribution in [0.4, 0.5) is 0 Å². The minimum Gasteiger partial charge on any atom is -0.314 e. The fraction of sp³-hybridized carbons (Fsp3) is 0.818. The van der Waals surface area contributed by atoms with Crippen LogP contribution in [0.1, 0.15) is 32.6 Å². The summed E-state index contributed by atoms with van der Waals surface area (Å²) < 4.78 is 1.93. The Morgan fingerprint density at radius 3 is 3.13 bits per heavy atom. The second-order valence-corrected chi connectivity index (χ2v) is 4.30. The van der Waals surface area contributed by atoms with Crippen molar-refractivity contribution in [3.05, 3.63) is 12.7 Å². The van der Waals surface area contributed by atoms with Crippen molar-refractivity contribution < 1.29 is 0 Å². The zero-order valence-corrected chi connectivity index (χ0v) is 9.39. The van der Waals surface area contributed by atoms with Crippen molar-refractivity contribution in [2.45, 2.75) is 45.2 Å². The van der Waals surface area contributed by atoms with Crippen molar-refractivity contribution in [2.24, 2.45) is 5.92 Å². The van der Waals surface area contributed by atoms with Gasteiger partial charge in [-0.05, 0) is 31.7 Å². The molecule has 4 nitrogen and oxygen atoms in total. The van der Waals surface area contributed by atoms with Crippen LogP contribution in [0.15, 0.2) is 12.7 Å². The fourth-order valence-corrected chi connectivity index (χ4v) is 2.56. The second-order valence-electron chi connectivity index (χ2n) is 4.30. The molecule has 0 aromatic carbocycles. The van der Waals surface area contributed by atoms with E-state index in [4.69, 9.17) is 0 Å². The Labute approximate surface area is 91.1 Å². The summed E-state index contributed by atoms with van der Waals surface area (Å²) in [6.45, 7) is 4.28. The standard InChI is InChI=1S/C11H20N4/c1-2-13-11-5-3-4-10(11)6-7-15-9-12-8-14-15/h8-11,13H,2-7H2,1H3. The van der Waals surface area contributed by atoms with Gasteiger partial charge in [-0.1, -0.05) is 13.3 Å². The zero-order chi connectivity index (χ0) is 10.5. The quantitative estimate of drug-likeness (QED) is 0.796. The molecule has 1 aliphatic carbocycles. The monoisotopic (exact) mass is 208 g/mol. The van der Waals surface area contributed by atoms with Crippen LogP contribution in [0, 0.1) is 5.92 Å². The maximum absolute atomic E-state index is 4.13. The smallest absolute Gasteiger partial charge is 0.137 e. The van der Waals surface area contributed by atoms with Crippen LogP contribution in [0.3, 0.4) is 0 Å². The largest absolute Gasteiger partial charge is 0.314 e. The molecule has 0 saturated heterocycles. The predicted octanol–water partition coefficient (Wildman–Crippen LogP) is 1.45. The lowest BCUT2D eigenvalue weighted by Crippen LogP contribution is -2.32. The molecule has 2 rings (SSSR count). The van der Waals surface area contributed by atoms with Gasteiger partial charge in [0.2, 0.25) is 0 Å². The molecular weight excluding hydrogens is 188 g/mol. The van der Waals surface area contributed by atoms with Crippen molar-refractivity contribution in [1.29, 1.82) is 0 Å². The van der Waals surface area contributed by atoms with Gasteiger partial charge in [0.15, 0.2) is 0 Å². The molecule has 1 aromatic rings. The first-order valence-electron chi connectivity index (χ1n) is 5.96. The number of aromatic nitrogens is 3. The van der Waals surface area contributed by atoms with Crippen molar-refractivity contribution in [3.63, 3.8) is 0 Å². The highest BCUT2D eigenvalue weighted by Crippen LogP contribution is 2.28. The van der Waals surface area contributed by atoms with E-state index in [1.807, 2.05) is 4.68 Å². The van der Waals surface area contributed by atoms with E-state index in [2.05, 4.69) is 22.3 Å². The molecule has 1 fully saturated rings. The molecule has 2 unspecified atom stereocenters.